The summed E-state index contributed by atoms with van der Waals surface area (Å²) in [6, 6.07) is 15.0. The van der Waals surface area contributed by atoms with Crippen molar-refractivity contribution in [1.29, 1.82) is 0 Å². The zero-order valence-corrected chi connectivity index (χ0v) is 20.7. The minimum Gasteiger partial charge on any atom is -0.358 e. The van der Waals surface area contributed by atoms with Gasteiger partial charge in [0, 0.05) is 40.6 Å². The average Bonchev–Trinajstić information content (AvgIpc) is 3.40. The molecule has 0 spiro atoms. The van der Waals surface area contributed by atoms with E-state index in [1.165, 1.54) is 24.4 Å². The Morgan fingerprint density at radius 1 is 1.08 bits per heavy atom. The summed E-state index contributed by atoms with van der Waals surface area (Å²) < 4.78 is 27.1. The van der Waals surface area contributed by atoms with E-state index in [0.29, 0.717) is 23.2 Å². The fraction of sp³-hybridized carbons (Fsp3) is 0.214. The molecule has 0 radical (unpaired) electrons. The highest BCUT2D eigenvalue weighted by atomic mass is 32.2. The van der Waals surface area contributed by atoms with Crippen molar-refractivity contribution < 1.29 is 13.2 Å². The van der Waals surface area contributed by atoms with Gasteiger partial charge in [0.05, 0.1) is 16.2 Å². The van der Waals surface area contributed by atoms with Crippen LogP contribution in [0.2, 0.25) is 0 Å². The van der Waals surface area contributed by atoms with Crippen LogP contribution in [0.5, 0.6) is 0 Å². The van der Waals surface area contributed by atoms with Crippen molar-refractivity contribution >= 4 is 44.0 Å². The van der Waals surface area contributed by atoms with Crippen molar-refractivity contribution in [2.45, 2.75) is 37.0 Å². The molecule has 7 nitrogen and oxygen atoms in total. The predicted molar refractivity (Wildman–Crippen MR) is 141 cm³/mol. The molecule has 1 aliphatic carbocycles. The number of sulfonamides is 1. The van der Waals surface area contributed by atoms with Crippen molar-refractivity contribution in [3.8, 4) is 0 Å². The number of H-pyrrole nitrogens is 1. The Labute approximate surface area is 209 Å². The number of benzene rings is 2. The molecule has 4 aromatic rings. The van der Waals surface area contributed by atoms with Gasteiger partial charge in [-0.25, -0.2) is 13.1 Å². The lowest BCUT2D eigenvalue weighted by atomic mass is 9.91. The quantitative estimate of drug-likeness (QED) is 0.354. The topological polar surface area (TPSA) is 104 Å². The molecule has 2 aliphatic rings. The zero-order valence-electron chi connectivity index (χ0n) is 19.9. The number of nitrogens with one attached hydrogen (secondary N) is 3. The zero-order chi connectivity index (χ0) is 24.9. The standard InChI is InChI=1S/C28H26N4O3S/c1-29-36(34,35)18-10-11-25-21(14-18)23(28(33)32-25)16-27-22(20-8-4-5-9-24(20)31-27)15-26-19-7-3-2-6-17(19)12-13-30-26/h2-3,6-7,10-14,16,29,31H,4-5,8-9,15H2,1H3,(H,32,33). The van der Waals surface area contributed by atoms with Crippen molar-refractivity contribution in [2.75, 3.05) is 12.4 Å². The van der Waals surface area contributed by atoms with Crippen molar-refractivity contribution in [1.82, 2.24) is 14.7 Å². The van der Waals surface area contributed by atoms with Crippen LogP contribution in [-0.4, -0.2) is 31.3 Å². The molecular formula is C28H26N4O3S. The number of rotatable bonds is 5. The molecule has 0 saturated heterocycles. The second kappa shape index (κ2) is 8.72. The Kier molecular flexibility index (Phi) is 5.50. The summed E-state index contributed by atoms with van der Waals surface area (Å²) >= 11 is 0. The number of amides is 1. The second-order valence-electron chi connectivity index (χ2n) is 9.26. The molecule has 0 saturated carbocycles. The summed E-state index contributed by atoms with van der Waals surface area (Å²) in [7, 11) is -2.26. The molecule has 2 aromatic heterocycles. The Hall–Kier alpha value is -3.75. The summed E-state index contributed by atoms with van der Waals surface area (Å²) in [6.07, 6.45) is 8.59. The van der Waals surface area contributed by atoms with E-state index in [0.717, 1.165) is 53.4 Å². The molecule has 3 N–H and O–H groups in total. The third-order valence-electron chi connectivity index (χ3n) is 7.18. The third-order valence-corrected chi connectivity index (χ3v) is 8.60. The molecule has 8 heteroatoms. The molecule has 1 aliphatic heterocycles. The van der Waals surface area contributed by atoms with E-state index in [2.05, 4.69) is 27.2 Å². The van der Waals surface area contributed by atoms with E-state index in [1.807, 2.05) is 30.5 Å². The van der Waals surface area contributed by atoms with Gasteiger partial charge < -0.3 is 10.3 Å². The van der Waals surface area contributed by atoms with Crippen LogP contribution in [0, 0.1) is 0 Å². The first-order chi connectivity index (χ1) is 17.4. The van der Waals surface area contributed by atoms with Gasteiger partial charge in [-0.2, -0.15) is 0 Å². The molecule has 0 bridgehead atoms. The number of aromatic nitrogens is 2. The number of carbonyl (C=O) groups excluding carboxylic acids is 1. The minimum atomic E-state index is -3.64. The summed E-state index contributed by atoms with van der Waals surface area (Å²) in [6.45, 7) is 0. The molecule has 0 fully saturated rings. The third kappa shape index (κ3) is 3.83. The highest BCUT2D eigenvalue weighted by Crippen LogP contribution is 2.37. The monoisotopic (exact) mass is 498 g/mol. The smallest absolute Gasteiger partial charge is 0.256 e. The van der Waals surface area contributed by atoms with E-state index in [1.54, 1.807) is 12.1 Å². The van der Waals surface area contributed by atoms with Crippen LogP contribution in [0.3, 0.4) is 0 Å². The molecule has 3 heterocycles. The number of aromatic amines is 1. The Balaban J connectivity index is 1.49. The van der Waals surface area contributed by atoms with Gasteiger partial charge in [-0.3, -0.25) is 9.78 Å². The van der Waals surface area contributed by atoms with E-state index in [4.69, 9.17) is 4.98 Å². The molecule has 0 atom stereocenters. The Bertz CT molecular complexity index is 1660. The maximum atomic E-state index is 13.0. The van der Waals surface area contributed by atoms with Crippen LogP contribution in [-0.2, 0) is 34.1 Å². The van der Waals surface area contributed by atoms with Crippen molar-refractivity contribution in [3.63, 3.8) is 0 Å². The molecule has 1 amide bonds. The molecule has 2 aromatic carbocycles. The van der Waals surface area contributed by atoms with Gasteiger partial charge in [-0.15, -0.1) is 0 Å². The van der Waals surface area contributed by atoms with Gasteiger partial charge in [0.1, 0.15) is 0 Å². The number of fused-ring (bicyclic) bond motifs is 3. The molecular weight excluding hydrogens is 472 g/mol. The lowest BCUT2D eigenvalue weighted by Crippen LogP contribution is -2.18. The number of hydrogen-bond donors (Lipinski definition) is 3. The normalized spacial score (nSPS) is 16.2. The average molecular weight is 499 g/mol. The lowest BCUT2D eigenvalue weighted by Gasteiger charge is -2.13. The molecule has 182 valence electrons. The van der Waals surface area contributed by atoms with E-state index in [9.17, 15) is 13.2 Å². The van der Waals surface area contributed by atoms with Crippen LogP contribution in [0.4, 0.5) is 5.69 Å². The fourth-order valence-corrected chi connectivity index (χ4v) is 6.09. The maximum absolute atomic E-state index is 13.0. The van der Waals surface area contributed by atoms with E-state index in [-0.39, 0.29) is 10.8 Å². The van der Waals surface area contributed by atoms with Gasteiger partial charge in [0.15, 0.2) is 0 Å². The second-order valence-corrected chi connectivity index (χ2v) is 11.2. The van der Waals surface area contributed by atoms with E-state index < -0.39 is 10.0 Å². The summed E-state index contributed by atoms with van der Waals surface area (Å²) in [5.41, 5.74) is 7.20. The Morgan fingerprint density at radius 3 is 2.78 bits per heavy atom. The highest BCUT2D eigenvalue weighted by molar-refractivity contribution is 7.89. The predicted octanol–water partition coefficient (Wildman–Crippen LogP) is 4.43. The number of pyridine rings is 1. The Morgan fingerprint density at radius 2 is 1.92 bits per heavy atom. The van der Waals surface area contributed by atoms with Crippen LogP contribution >= 0.6 is 0 Å². The summed E-state index contributed by atoms with van der Waals surface area (Å²) in [5, 5.41) is 5.14. The van der Waals surface area contributed by atoms with Gasteiger partial charge in [0.2, 0.25) is 10.0 Å². The first kappa shape index (κ1) is 22.7. The SMILES string of the molecule is CNS(=O)(=O)c1ccc2c(c1)C(=Cc1[nH]c3c(c1Cc1nccc4ccccc14)CCCC3)C(=O)N2. The number of hydrogen-bond acceptors (Lipinski definition) is 4. The highest BCUT2D eigenvalue weighted by Gasteiger charge is 2.28. The van der Waals surface area contributed by atoms with Crippen LogP contribution in [0.25, 0.3) is 22.4 Å². The lowest BCUT2D eigenvalue weighted by molar-refractivity contribution is -0.110. The van der Waals surface area contributed by atoms with Gasteiger partial charge in [0.25, 0.3) is 5.91 Å². The number of nitrogens with zero attached hydrogens (tertiary/aromatic N) is 1. The largest absolute Gasteiger partial charge is 0.358 e. The minimum absolute atomic E-state index is 0.122. The number of carbonyl (C=O) groups is 1. The first-order valence-electron chi connectivity index (χ1n) is 12.1. The van der Waals surface area contributed by atoms with Crippen molar-refractivity contribution in [2.24, 2.45) is 0 Å². The van der Waals surface area contributed by atoms with E-state index >= 15 is 0 Å². The maximum Gasteiger partial charge on any atom is 0.256 e. The summed E-state index contributed by atoms with van der Waals surface area (Å²) in [4.78, 5) is 21.4. The van der Waals surface area contributed by atoms with Gasteiger partial charge in [-0.1, -0.05) is 24.3 Å². The van der Waals surface area contributed by atoms with Gasteiger partial charge >= 0.3 is 0 Å². The van der Waals surface area contributed by atoms with Crippen molar-refractivity contribution in [3.05, 3.63) is 88.5 Å². The number of aryl methyl sites for hydroxylation is 1. The fourth-order valence-electron chi connectivity index (χ4n) is 5.33. The first-order valence-corrected chi connectivity index (χ1v) is 13.6. The molecule has 36 heavy (non-hydrogen) atoms. The van der Waals surface area contributed by atoms with Crippen LogP contribution < -0.4 is 10.0 Å². The molecule has 6 rings (SSSR count). The summed E-state index contributed by atoms with van der Waals surface area (Å²) in [5.74, 6) is -0.245. The van der Waals surface area contributed by atoms with Crippen LogP contribution in [0.15, 0.2) is 59.6 Å². The van der Waals surface area contributed by atoms with Crippen LogP contribution in [0.1, 0.15) is 46.6 Å². The van der Waals surface area contributed by atoms with Gasteiger partial charge in [-0.05, 0) is 79.6 Å². The molecule has 0 unspecified atom stereocenters. The number of anilines is 1.